The Balaban J connectivity index is 1.38. The van der Waals surface area contributed by atoms with Crippen LogP contribution in [0.5, 0.6) is 0 Å². The zero-order chi connectivity index (χ0) is 20.2. The molecule has 1 aliphatic rings. The first kappa shape index (κ1) is 19.5. The standard InChI is InChI=1S/C22H23FN4OS/c1-15-4-10-19(11-5-15)24-21(28)17-3-2-12-27(14-17)22-25-20(26-29-22)13-16-6-8-18(23)9-7-16/h4-11,17H,2-3,12-14H2,1H3,(H,24,28)/t17-/m0/s1. The van der Waals surface area contributed by atoms with E-state index >= 15 is 0 Å². The zero-order valence-corrected chi connectivity index (χ0v) is 17.1. The molecular formula is C22H23FN4OS. The van der Waals surface area contributed by atoms with Crippen LogP contribution in [-0.4, -0.2) is 28.4 Å². The molecule has 2 aromatic carbocycles. The highest BCUT2D eigenvalue weighted by molar-refractivity contribution is 7.09. The fourth-order valence-electron chi connectivity index (χ4n) is 3.48. The van der Waals surface area contributed by atoms with Gasteiger partial charge in [0.1, 0.15) is 11.6 Å². The van der Waals surface area contributed by atoms with Gasteiger partial charge in [-0.05, 0) is 49.6 Å². The lowest BCUT2D eigenvalue weighted by molar-refractivity contribution is -0.120. The number of anilines is 2. The van der Waals surface area contributed by atoms with Gasteiger partial charge in [0.25, 0.3) is 0 Å². The number of amides is 1. The van der Waals surface area contributed by atoms with Crippen molar-refractivity contribution in [3.63, 3.8) is 0 Å². The van der Waals surface area contributed by atoms with Crippen LogP contribution in [0.4, 0.5) is 15.2 Å². The summed E-state index contributed by atoms with van der Waals surface area (Å²) in [6.45, 7) is 3.54. The third-order valence-electron chi connectivity index (χ3n) is 5.11. The largest absolute Gasteiger partial charge is 0.346 e. The molecule has 1 N–H and O–H groups in total. The Morgan fingerprint density at radius 2 is 1.97 bits per heavy atom. The summed E-state index contributed by atoms with van der Waals surface area (Å²) in [5, 5.41) is 3.87. The van der Waals surface area contributed by atoms with Gasteiger partial charge < -0.3 is 10.2 Å². The lowest BCUT2D eigenvalue weighted by Crippen LogP contribution is -2.40. The fraction of sp³-hybridized carbons (Fsp3) is 0.318. The molecule has 0 spiro atoms. The Bertz CT molecular complexity index is 971. The van der Waals surface area contributed by atoms with Crippen molar-refractivity contribution < 1.29 is 9.18 Å². The number of halogens is 1. The van der Waals surface area contributed by atoms with Crippen LogP contribution in [0.1, 0.15) is 29.8 Å². The number of hydrogen-bond acceptors (Lipinski definition) is 5. The second-order valence-corrected chi connectivity index (χ2v) is 8.17. The minimum atomic E-state index is -0.246. The van der Waals surface area contributed by atoms with Gasteiger partial charge in [0.05, 0.1) is 5.92 Å². The Kier molecular flexibility index (Phi) is 5.85. The predicted molar refractivity (Wildman–Crippen MR) is 114 cm³/mol. The van der Waals surface area contributed by atoms with Crippen LogP contribution in [0.2, 0.25) is 0 Å². The lowest BCUT2D eigenvalue weighted by atomic mass is 9.97. The van der Waals surface area contributed by atoms with Gasteiger partial charge in [-0.1, -0.05) is 29.8 Å². The highest BCUT2D eigenvalue weighted by Gasteiger charge is 2.27. The molecule has 0 unspecified atom stereocenters. The van der Waals surface area contributed by atoms with E-state index in [1.165, 1.54) is 29.2 Å². The van der Waals surface area contributed by atoms with Gasteiger partial charge in [-0.3, -0.25) is 4.79 Å². The molecule has 0 radical (unpaired) electrons. The van der Waals surface area contributed by atoms with Crippen LogP contribution >= 0.6 is 11.5 Å². The topological polar surface area (TPSA) is 58.1 Å². The average Bonchev–Trinajstić information content (AvgIpc) is 3.20. The van der Waals surface area contributed by atoms with Gasteiger partial charge >= 0.3 is 0 Å². The number of nitrogens with zero attached hydrogens (tertiary/aromatic N) is 3. The van der Waals surface area contributed by atoms with Crippen molar-refractivity contribution in [3.05, 3.63) is 71.3 Å². The van der Waals surface area contributed by atoms with Gasteiger partial charge in [-0.15, -0.1) is 0 Å². The maximum atomic E-state index is 13.1. The molecule has 7 heteroatoms. The molecule has 0 bridgehead atoms. The minimum absolute atomic E-state index is 0.0506. The Morgan fingerprint density at radius 3 is 2.72 bits per heavy atom. The van der Waals surface area contributed by atoms with E-state index in [2.05, 4.69) is 19.6 Å². The second-order valence-electron chi connectivity index (χ2n) is 7.44. The number of aromatic nitrogens is 2. The van der Waals surface area contributed by atoms with Gasteiger partial charge in [0.2, 0.25) is 11.0 Å². The smallest absolute Gasteiger partial charge is 0.229 e. The van der Waals surface area contributed by atoms with Gasteiger partial charge in [-0.25, -0.2) is 9.37 Å². The molecule has 1 amide bonds. The molecule has 150 valence electrons. The van der Waals surface area contributed by atoms with Gasteiger partial charge in [0, 0.05) is 36.7 Å². The average molecular weight is 411 g/mol. The summed E-state index contributed by atoms with van der Waals surface area (Å²) in [5.41, 5.74) is 2.97. The van der Waals surface area contributed by atoms with E-state index in [9.17, 15) is 9.18 Å². The van der Waals surface area contributed by atoms with Crippen molar-refractivity contribution in [2.24, 2.45) is 5.92 Å². The Hall–Kier alpha value is -2.80. The van der Waals surface area contributed by atoms with Crippen LogP contribution in [0.3, 0.4) is 0 Å². The molecule has 1 saturated heterocycles. The second kappa shape index (κ2) is 8.69. The minimum Gasteiger partial charge on any atom is -0.346 e. The summed E-state index contributed by atoms with van der Waals surface area (Å²) in [5.74, 6) is 0.455. The molecule has 1 fully saturated rings. The zero-order valence-electron chi connectivity index (χ0n) is 16.3. The molecule has 1 atom stereocenters. The monoisotopic (exact) mass is 410 g/mol. The number of hydrogen-bond donors (Lipinski definition) is 1. The van der Waals surface area contributed by atoms with Crippen molar-refractivity contribution in [2.75, 3.05) is 23.3 Å². The third-order valence-corrected chi connectivity index (χ3v) is 5.93. The number of piperidine rings is 1. The highest BCUT2D eigenvalue weighted by atomic mass is 32.1. The first-order valence-corrected chi connectivity index (χ1v) is 10.5. The van der Waals surface area contributed by atoms with Crippen molar-refractivity contribution in [2.45, 2.75) is 26.2 Å². The summed E-state index contributed by atoms with van der Waals surface area (Å²) in [6.07, 6.45) is 2.39. The van der Waals surface area contributed by atoms with E-state index in [1.807, 2.05) is 31.2 Å². The van der Waals surface area contributed by atoms with E-state index in [0.717, 1.165) is 41.6 Å². The molecule has 3 aromatic rings. The first-order valence-electron chi connectivity index (χ1n) is 9.76. The van der Waals surface area contributed by atoms with Crippen molar-refractivity contribution >= 4 is 28.3 Å². The normalized spacial score (nSPS) is 16.6. The van der Waals surface area contributed by atoms with E-state index < -0.39 is 0 Å². The molecule has 2 heterocycles. The SMILES string of the molecule is Cc1ccc(NC(=O)[C@H]2CCCN(c3nc(Cc4ccc(F)cc4)ns3)C2)cc1. The third kappa shape index (κ3) is 4.98. The van der Waals surface area contributed by atoms with Crippen LogP contribution in [0, 0.1) is 18.7 Å². The van der Waals surface area contributed by atoms with Crippen LogP contribution in [0.15, 0.2) is 48.5 Å². The van der Waals surface area contributed by atoms with Crippen LogP contribution < -0.4 is 10.2 Å². The summed E-state index contributed by atoms with van der Waals surface area (Å²) in [4.78, 5) is 19.5. The maximum absolute atomic E-state index is 13.1. The fourth-order valence-corrected chi connectivity index (χ4v) is 4.20. The summed E-state index contributed by atoms with van der Waals surface area (Å²) >= 11 is 1.36. The van der Waals surface area contributed by atoms with Gasteiger partial charge in [-0.2, -0.15) is 4.37 Å². The van der Waals surface area contributed by atoms with Crippen LogP contribution in [0.25, 0.3) is 0 Å². The molecular weight excluding hydrogens is 387 g/mol. The van der Waals surface area contributed by atoms with Crippen molar-refractivity contribution in [1.29, 1.82) is 0 Å². The molecule has 0 aliphatic carbocycles. The van der Waals surface area contributed by atoms with Crippen molar-refractivity contribution in [1.82, 2.24) is 9.36 Å². The lowest BCUT2D eigenvalue weighted by Gasteiger charge is -2.31. The van der Waals surface area contributed by atoms with E-state index in [-0.39, 0.29) is 17.6 Å². The van der Waals surface area contributed by atoms with Gasteiger partial charge in [0.15, 0.2) is 0 Å². The highest BCUT2D eigenvalue weighted by Crippen LogP contribution is 2.26. The number of nitrogens with one attached hydrogen (secondary N) is 1. The molecule has 1 aliphatic heterocycles. The Morgan fingerprint density at radius 1 is 1.21 bits per heavy atom. The molecule has 4 rings (SSSR count). The van der Waals surface area contributed by atoms with E-state index in [1.54, 1.807) is 12.1 Å². The predicted octanol–water partition coefficient (Wildman–Crippen LogP) is 4.43. The number of rotatable bonds is 5. The molecule has 29 heavy (non-hydrogen) atoms. The molecule has 0 saturated carbocycles. The molecule has 5 nitrogen and oxygen atoms in total. The number of carbonyl (C=O) groups is 1. The quantitative estimate of drug-likeness (QED) is 0.676. The maximum Gasteiger partial charge on any atom is 0.229 e. The number of carbonyl (C=O) groups excluding carboxylic acids is 1. The Labute approximate surface area is 173 Å². The van der Waals surface area contributed by atoms with E-state index in [4.69, 9.17) is 0 Å². The first-order chi connectivity index (χ1) is 14.1. The molecule has 1 aromatic heterocycles. The summed E-state index contributed by atoms with van der Waals surface area (Å²) < 4.78 is 17.5. The number of aryl methyl sites for hydroxylation is 1. The van der Waals surface area contributed by atoms with Crippen LogP contribution in [-0.2, 0) is 11.2 Å². The van der Waals surface area contributed by atoms with E-state index in [0.29, 0.717) is 13.0 Å². The number of benzene rings is 2. The summed E-state index contributed by atoms with van der Waals surface area (Å²) in [7, 11) is 0. The summed E-state index contributed by atoms with van der Waals surface area (Å²) in [6, 6.07) is 14.2. The van der Waals surface area contributed by atoms with Crippen molar-refractivity contribution in [3.8, 4) is 0 Å².